The largest absolute Gasteiger partial charge is 0.409 e. The quantitative estimate of drug-likeness (QED) is 0.154. The molecule has 0 saturated carbocycles. The third-order valence-corrected chi connectivity index (χ3v) is 10.6. The molecule has 3 nitrogen and oxygen atoms in total. The van der Waals surface area contributed by atoms with E-state index in [0.29, 0.717) is 0 Å². The van der Waals surface area contributed by atoms with Gasteiger partial charge in [-0.1, -0.05) is 104 Å². The molecule has 0 radical (unpaired) electrons. The lowest BCUT2D eigenvalue weighted by Crippen LogP contribution is -2.49. The molecule has 4 heteroatoms. The zero-order valence-electron chi connectivity index (χ0n) is 19.9. The summed E-state index contributed by atoms with van der Waals surface area (Å²) in [6, 6.07) is -0.345. The highest BCUT2D eigenvalue weighted by Gasteiger charge is 2.39. The third kappa shape index (κ3) is 13.1. The summed E-state index contributed by atoms with van der Waals surface area (Å²) < 4.78 is 6.43. The lowest BCUT2D eigenvalue weighted by Gasteiger charge is -2.39. The number of aliphatic hydroxyl groups excluding tert-OH is 1. The van der Waals surface area contributed by atoms with Crippen LogP contribution in [0.2, 0.25) is 18.1 Å². The Morgan fingerprint density at radius 3 is 1.79 bits per heavy atom. The molecule has 0 saturated heterocycles. The van der Waals surface area contributed by atoms with Crippen molar-refractivity contribution in [3.05, 3.63) is 12.2 Å². The number of rotatable bonds is 17. The predicted molar refractivity (Wildman–Crippen MR) is 127 cm³/mol. The van der Waals surface area contributed by atoms with Crippen LogP contribution in [0.3, 0.4) is 0 Å². The minimum Gasteiger partial charge on any atom is -0.409 e. The predicted octanol–water partition coefficient (Wildman–Crippen LogP) is 6.95. The van der Waals surface area contributed by atoms with Gasteiger partial charge < -0.3 is 15.3 Å². The molecule has 0 heterocycles. The molecule has 2 atom stereocenters. The van der Waals surface area contributed by atoms with E-state index in [1.165, 1.54) is 70.6 Å². The second kappa shape index (κ2) is 15.6. The van der Waals surface area contributed by atoms with E-state index in [2.05, 4.69) is 52.9 Å². The van der Waals surface area contributed by atoms with Gasteiger partial charge in [-0.2, -0.15) is 0 Å². The van der Waals surface area contributed by atoms with Crippen LogP contribution in [0.15, 0.2) is 12.2 Å². The maximum atomic E-state index is 9.49. The van der Waals surface area contributed by atoms with Crippen LogP contribution in [0, 0.1) is 0 Å². The first kappa shape index (κ1) is 27.8. The average molecular weight is 414 g/mol. The topological polar surface area (TPSA) is 55.5 Å². The Labute approximate surface area is 177 Å². The van der Waals surface area contributed by atoms with Gasteiger partial charge in [0.25, 0.3) is 0 Å². The molecule has 0 amide bonds. The number of allylic oxidation sites excluding steroid dienone is 1. The number of aliphatic hydroxyl groups is 1. The Kier molecular flexibility index (Phi) is 15.6. The molecule has 0 bridgehead atoms. The van der Waals surface area contributed by atoms with Gasteiger partial charge in [-0.3, -0.25) is 0 Å². The minimum absolute atomic E-state index is 0.0396. The van der Waals surface area contributed by atoms with E-state index in [1.807, 2.05) is 0 Å². The zero-order valence-corrected chi connectivity index (χ0v) is 20.9. The van der Waals surface area contributed by atoms with Gasteiger partial charge in [-0.25, -0.2) is 0 Å². The van der Waals surface area contributed by atoms with E-state index in [9.17, 15) is 5.11 Å². The SMILES string of the molecule is CCCCCCCCCCCCC/C=C/C(O[Si](C)(C)C(C)(C)C)C(N)CO. The summed E-state index contributed by atoms with van der Waals surface area (Å²) >= 11 is 0. The van der Waals surface area contributed by atoms with Crippen LogP contribution in [0.5, 0.6) is 0 Å². The Morgan fingerprint density at radius 1 is 0.893 bits per heavy atom. The summed E-state index contributed by atoms with van der Waals surface area (Å²) in [7, 11) is -1.89. The van der Waals surface area contributed by atoms with Crippen LogP contribution in [-0.2, 0) is 4.43 Å². The summed E-state index contributed by atoms with van der Waals surface area (Å²) in [5, 5.41) is 9.63. The van der Waals surface area contributed by atoms with Gasteiger partial charge in [0.1, 0.15) is 0 Å². The molecule has 28 heavy (non-hydrogen) atoms. The van der Waals surface area contributed by atoms with Crippen molar-refractivity contribution < 1.29 is 9.53 Å². The van der Waals surface area contributed by atoms with E-state index in [0.717, 1.165) is 6.42 Å². The summed E-state index contributed by atoms with van der Waals surface area (Å²) in [6.07, 6.45) is 20.3. The molecule has 0 fully saturated rings. The Balaban J connectivity index is 3.99. The maximum absolute atomic E-state index is 9.49. The molecule has 2 unspecified atom stereocenters. The molecule has 3 N–H and O–H groups in total. The zero-order chi connectivity index (χ0) is 21.5. The highest BCUT2D eigenvalue weighted by molar-refractivity contribution is 6.74. The molecule has 0 aromatic heterocycles. The highest BCUT2D eigenvalue weighted by atomic mass is 28.4. The lowest BCUT2D eigenvalue weighted by molar-refractivity contribution is 0.149. The van der Waals surface area contributed by atoms with E-state index >= 15 is 0 Å². The van der Waals surface area contributed by atoms with Crippen molar-refractivity contribution in [2.24, 2.45) is 5.73 Å². The Hall–Kier alpha value is -0.163. The fraction of sp³-hybridized carbons (Fsp3) is 0.917. The van der Waals surface area contributed by atoms with Crippen molar-refractivity contribution in [2.45, 2.75) is 135 Å². The molecule has 0 aromatic carbocycles. The number of hydrogen-bond donors (Lipinski definition) is 2. The molecule has 168 valence electrons. The maximum Gasteiger partial charge on any atom is 0.192 e. The van der Waals surface area contributed by atoms with Crippen LogP contribution in [-0.4, -0.2) is 32.2 Å². The van der Waals surface area contributed by atoms with Gasteiger partial charge in [-0.05, 0) is 31.0 Å². The number of hydrogen-bond acceptors (Lipinski definition) is 3. The van der Waals surface area contributed by atoms with Crippen molar-refractivity contribution in [1.29, 1.82) is 0 Å². The van der Waals surface area contributed by atoms with Crippen molar-refractivity contribution in [3.63, 3.8) is 0 Å². The van der Waals surface area contributed by atoms with Gasteiger partial charge in [0.2, 0.25) is 0 Å². The summed E-state index contributed by atoms with van der Waals surface area (Å²) in [5.74, 6) is 0. The highest BCUT2D eigenvalue weighted by Crippen LogP contribution is 2.37. The molecule has 0 aromatic rings. The lowest BCUT2D eigenvalue weighted by atomic mass is 10.0. The molecule has 0 aliphatic heterocycles. The van der Waals surface area contributed by atoms with Crippen LogP contribution in [0.1, 0.15) is 105 Å². The summed E-state index contributed by atoms with van der Waals surface area (Å²) in [4.78, 5) is 0. The third-order valence-electron chi connectivity index (χ3n) is 6.17. The molecule has 0 aliphatic carbocycles. The summed E-state index contributed by atoms with van der Waals surface area (Å²) in [5.41, 5.74) is 6.11. The first-order valence-corrected chi connectivity index (χ1v) is 14.8. The van der Waals surface area contributed by atoms with Crippen molar-refractivity contribution >= 4 is 8.32 Å². The number of unbranched alkanes of at least 4 members (excludes halogenated alkanes) is 11. The average Bonchev–Trinajstić information content (AvgIpc) is 2.62. The molecular weight excluding hydrogens is 362 g/mol. The smallest absolute Gasteiger partial charge is 0.192 e. The van der Waals surface area contributed by atoms with E-state index in [1.54, 1.807) is 0 Å². The van der Waals surface area contributed by atoms with E-state index < -0.39 is 8.32 Å². The summed E-state index contributed by atoms with van der Waals surface area (Å²) in [6.45, 7) is 13.4. The van der Waals surface area contributed by atoms with Crippen LogP contribution in [0.4, 0.5) is 0 Å². The van der Waals surface area contributed by atoms with Crippen LogP contribution < -0.4 is 5.73 Å². The normalized spacial score (nSPS) is 15.3. The minimum atomic E-state index is -1.89. The molecular formula is C24H51NO2Si. The van der Waals surface area contributed by atoms with Crippen molar-refractivity contribution in [2.75, 3.05) is 6.61 Å². The van der Waals surface area contributed by atoms with Crippen molar-refractivity contribution in [3.8, 4) is 0 Å². The standard InChI is InChI=1S/C24H51NO2Si/c1-7-8-9-10-11-12-13-14-15-16-17-18-19-20-23(22(25)21-26)27-28(5,6)24(2,3)4/h19-20,22-23,26H,7-18,21,25H2,1-6H3/b20-19+. The van der Waals surface area contributed by atoms with Gasteiger partial charge >= 0.3 is 0 Å². The second-order valence-electron chi connectivity index (χ2n) is 9.94. The van der Waals surface area contributed by atoms with Gasteiger partial charge in [-0.15, -0.1) is 0 Å². The Morgan fingerprint density at radius 2 is 1.36 bits per heavy atom. The monoisotopic (exact) mass is 413 g/mol. The van der Waals surface area contributed by atoms with Gasteiger partial charge in [0.05, 0.1) is 18.8 Å². The Bertz CT molecular complexity index is 391. The molecule has 0 aliphatic rings. The fourth-order valence-electron chi connectivity index (χ4n) is 3.05. The molecule has 0 rings (SSSR count). The van der Waals surface area contributed by atoms with Gasteiger partial charge in [0.15, 0.2) is 8.32 Å². The van der Waals surface area contributed by atoms with E-state index in [4.69, 9.17) is 10.2 Å². The molecule has 0 spiro atoms. The van der Waals surface area contributed by atoms with Gasteiger partial charge in [0, 0.05) is 0 Å². The number of nitrogens with two attached hydrogens (primary N) is 1. The van der Waals surface area contributed by atoms with E-state index in [-0.39, 0.29) is 23.8 Å². The van der Waals surface area contributed by atoms with Crippen LogP contribution >= 0.6 is 0 Å². The van der Waals surface area contributed by atoms with Crippen molar-refractivity contribution in [1.82, 2.24) is 0 Å². The first-order valence-electron chi connectivity index (χ1n) is 11.9. The second-order valence-corrected chi connectivity index (χ2v) is 14.7. The fourth-order valence-corrected chi connectivity index (χ4v) is 4.33. The first-order chi connectivity index (χ1) is 13.2. The van der Waals surface area contributed by atoms with Crippen LogP contribution in [0.25, 0.3) is 0 Å².